The second-order valence-electron chi connectivity index (χ2n) is 2.24. The highest BCUT2D eigenvalue weighted by Crippen LogP contribution is 2.27. The summed E-state index contributed by atoms with van der Waals surface area (Å²) in [6.45, 7) is 0. The number of rotatable bonds is 2. The molecule has 3 nitrogen and oxygen atoms in total. The van der Waals surface area contributed by atoms with Crippen LogP contribution in [0.15, 0.2) is 22.7 Å². The first-order valence-electron chi connectivity index (χ1n) is 3.86. The molecule has 14 heavy (non-hydrogen) atoms. The number of methoxy groups -OCH3 is 1. The van der Waals surface area contributed by atoms with Crippen LogP contribution in [0, 0.1) is 0 Å². The lowest BCUT2D eigenvalue weighted by Gasteiger charge is -2.04. The molecule has 0 atom stereocenters. The maximum absolute atomic E-state index is 5.07. The van der Waals surface area contributed by atoms with Gasteiger partial charge in [0.15, 0.2) is 0 Å². The Labute approximate surface area is 97.8 Å². The number of nitrogens with one attached hydrogen (secondary N) is 1. The molecule has 0 aromatic heterocycles. The molecular weight excluding hydrogens is 264 g/mol. The molecule has 0 aliphatic heterocycles. The van der Waals surface area contributed by atoms with Crippen molar-refractivity contribution in [3.05, 3.63) is 22.7 Å². The predicted molar refractivity (Wildman–Crippen MR) is 68.1 cm³/mol. The first-order valence-corrected chi connectivity index (χ1v) is 5.12. The van der Waals surface area contributed by atoms with Crippen molar-refractivity contribution in [1.82, 2.24) is 0 Å². The number of hydrogen-bond donors (Lipinski definition) is 2. The molecule has 0 aliphatic carbocycles. The molecule has 5 heteroatoms. The Bertz CT molecular complexity index is 294. The highest BCUT2D eigenvalue weighted by molar-refractivity contribution is 9.10. The largest absolute Gasteiger partial charge is 0.496 e. The number of hydrogen-bond acceptors (Lipinski definition) is 3. The average Bonchev–Trinajstić information content (AvgIpc) is 2.19. The van der Waals surface area contributed by atoms with Crippen LogP contribution in [-0.2, 0) is 0 Å². The Morgan fingerprint density at radius 1 is 1.57 bits per heavy atom. The minimum atomic E-state index is 0.851. The van der Waals surface area contributed by atoms with Crippen LogP contribution in [0.25, 0.3) is 0 Å². The van der Waals surface area contributed by atoms with Gasteiger partial charge in [0.2, 0.25) is 0 Å². The van der Waals surface area contributed by atoms with E-state index in [2.05, 4.69) is 39.2 Å². The molecule has 78 valence electrons. The summed E-state index contributed by atoms with van der Waals surface area (Å²) < 4.78 is 6.03. The van der Waals surface area contributed by atoms with Gasteiger partial charge in [-0.3, -0.25) is 0 Å². The summed E-state index contributed by atoms with van der Waals surface area (Å²) in [5.74, 6) is 0.851. The molecule has 1 aromatic rings. The van der Waals surface area contributed by atoms with E-state index >= 15 is 0 Å². The third kappa shape index (κ3) is 4.43. The van der Waals surface area contributed by atoms with Gasteiger partial charge in [0.1, 0.15) is 5.75 Å². The number of halogens is 1. The number of nitrogens with two attached hydrogens (primary N) is 1. The van der Waals surface area contributed by atoms with Crippen LogP contribution in [0.3, 0.4) is 0 Å². The smallest absolute Gasteiger partial charge is 0.133 e. The van der Waals surface area contributed by atoms with Crippen LogP contribution in [0.1, 0.15) is 0 Å². The van der Waals surface area contributed by atoms with Gasteiger partial charge in [-0.25, -0.2) is 0 Å². The Morgan fingerprint density at radius 2 is 2.14 bits per heavy atom. The molecule has 1 rings (SSSR count). The van der Waals surface area contributed by atoms with Crippen LogP contribution in [-0.4, -0.2) is 19.6 Å². The Hall–Kier alpha value is -0.810. The molecule has 0 heterocycles. The van der Waals surface area contributed by atoms with Crippen molar-refractivity contribution in [3.8, 4) is 5.75 Å². The standard InChI is InChI=1S/C8H10BrNO.CH3NS/c1-10-6-3-4-8(11-2)7(9)5-6;2-1-3/h3-5,10H,1-2H3;1H,(H2,2,3). The van der Waals surface area contributed by atoms with Crippen molar-refractivity contribution in [3.63, 3.8) is 0 Å². The first-order chi connectivity index (χ1) is 6.69. The molecule has 0 bridgehead atoms. The van der Waals surface area contributed by atoms with Crippen molar-refractivity contribution in [2.45, 2.75) is 0 Å². The average molecular weight is 277 g/mol. The quantitative estimate of drug-likeness (QED) is 0.815. The molecule has 0 saturated carbocycles. The summed E-state index contributed by atoms with van der Waals surface area (Å²) in [5, 5.41) is 3.03. The van der Waals surface area contributed by atoms with Gasteiger partial charge in [0, 0.05) is 12.7 Å². The van der Waals surface area contributed by atoms with E-state index in [9.17, 15) is 0 Å². The number of anilines is 1. The number of ether oxygens (including phenoxy) is 1. The maximum atomic E-state index is 5.07. The van der Waals surface area contributed by atoms with E-state index in [1.807, 2.05) is 25.2 Å². The topological polar surface area (TPSA) is 47.3 Å². The highest BCUT2D eigenvalue weighted by Gasteiger charge is 1.98. The molecule has 0 spiro atoms. The Morgan fingerprint density at radius 3 is 2.50 bits per heavy atom. The van der Waals surface area contributed by atoms with E-state index in [1.165, 1.54) is 0 Å². The second-order valence-corrected chi connectivity index (χ2v) is 3.36. The monoisotopic (exact) mass is 276 g/mol. The summed E-state index contributed by atoms with van der Waals surface area (Å²) in [6, 6.07) is 5.85. The Kier molecular flexibility index (Phi) is 7.14. The summed E-state index contributed by atoms with van der Waals surface area (Å²) >= 11 is 7.43. The van der Waals surface area contributed by atoms with Crippen LogP contribution in [0.5, 0.6) is 5.75 Å². The van der Waals surface area contributed by atoms with E-state index in [1.54, 1.807) is 7.11 Å². The van der Waals surface area contributed by atoms with Crippen LogP contribution < -0.4 is 15.8 Å². The van der Waals surface area contributed by atoms with Crippen LogP contribution >= 0.6 is 28.1 Å². The highest BCUT2D eigenvalue weighted by atomic mass is 79.9. The molecule has 3 N–H and O–H groups in total. The van der Waals surface area contributed by atoms with Crippen LogP contribution in [0.4, 0.5) is 5.69 Å². The van der Waals surface area contributed by atoms with Gasteiger partial charge in [-0.2, -0.15) is 0 Å². The molecule has 0 unspecified atom stereocenters. The van der Waals surface area contributed by atoms with Crippen LogP contribution in [0.2, 0.25) is 0 Å². The van der Waals surface area contributed by atoms with Crippen molar-refractivity contribution < 1.29 is 4.74 Å². The molecule has 0 amide bonds. The third-order valence-corrected chi connectivity index (χ3v) is 2.06. The zero-order valence-corrected chi connectivity index (χ0v) is 10.5. The molecule has 0 saturated heterocycles. The van der Waals surface area contributed by atoms with E-state index < -0.39 is 0 Å². The second kappa shape index (κ2) is 7.58. The first kappa shape index (κ1) is 13.2. The summed E-state index contributed by atoms with van der Waals surface area (Å²) in [5.41, 5.74) is 6.69. The summed E-state index contributed by atoms with van der Waals surface area (Å²) in [4.78, 5) is 0. The van der Waals surface area contributed by atoms with Gasteiger partial charge >= 0.3 is 0 Å². The molecule has 0 aliphatic rings. The lowest BCUT2D eigenvalue weighted by Crippen LogP contribution is -1.89. The fourth-order valence-corrected chi connectivity index (χ4v) is 1.36. The fourth-order valence-electron chi connectivity index (χ4n) is 0.822. The molecule has 0 radical (unpaired) electrons. The number of thiocarbonyl (C=S) groups is 1. The van der Waals surface area contributed by atoms with E-state index in [-0.39, 0.29) is 0 Å². The fraction of sp³-hybridized carbons (Fsp3) is 0.222. The van der Waals surface area contributed by atoms with Crippen molar-refractivity contribution in [2.24, 2.45) is 5.73 Å². The van der Waals surface area contributed by atoms with Crippen molar-refractivity contribution in [1.29, 1.82) is 0 Å². The zero-order valence-electron chi connectivity index (χ0n) is 8.08. The van der Waals surface area contributed by atoms with Gasteiger partial charge in [-0.15, -0.1) is 0 Å². The van der Waals surface area contributed by atoms with Gasteiger partial charge in [-0.1, -0.05) is 12.2 Å². The van der Waals surface area contributed by atoms with Crippen molar-refractivity contribution >= 4 is 39.3 Å². The predicted octanol–water partition coefficient (Wildman–Crippen LogP) is 2.40. The van der Waals surface area contributed by atoms with Gasteiger partial charge < -0.3 is 15.8 Å². The lowest BCUT2D eigenvalue weighted by atomic mass is 10.3. The number of benzene rings is 1. The van der Waals surface area contributed by atoms with E-state index in [0.29, 0.717) is 0 Å². The van der Waals surface area contributed by atoms with Gasteiger partial charge in [0.05, 0.1) is 17.1 Å². The zero-order chi connectivity index (χ0) is 11.0. The third-order valence-electron chi connectivity index (χ3n) is 1.44. The Balaban J connectivity index is 0.000000500. The summed E-state index contributed by atoms with van der Waals surface area (Å²) in [6.07, 6.45) is 0. The lowest BCUT2D eigenvalue weighted by molar-refractivity contribution is 0.412. The van der Waals surface area contributed by atoms with Gasteiger partial charge in [0.25, 0.3) is 0 Å². The maximum Gasteiger partial charge on any atom is 0.133 e. The SMILES string of the molecule is CNc1ccc(OC)c(Br)c1.NC=S. The molecular formula is C9H13BrN2OS. The van der Waals surface area contributed by atoms with E-state index in [4.69, 9.17) is 4.74 Å². The van der Waals surface area contributed by atoms with E-state index in [0.717, 1.165) is 21.4 Å². The van der Waals surface area contributed by atoms with Gasteiger partial charge in [-0.05, 0) is 34.1 Å². The summed E-state index contributed by atoms with van der Waals surface area (Å²) in [7, 11) is 3.54. The minimum Gasteiger partial charge on any atom is -0.496 e. The minimum absolute atomic E-state index is 0.851. The normalized spacial score (nSPS) is 8.21. The van der Waals surface area contributed by atoms with Crippen molar-refractivity contribution in [2.75, 3.05) is 19.5 Å². The molecule has 1 aromatic carbocycles. The molecule has 0 fully saturated rings.